The Bertz CT molecular complexity index is 431. The van der Waals surface area contributed by atoms with Crippen molar-refractivity contribution >= 4 is 21.6 Å². The minimum atomic E-state index is -0.0887. The van der Waals surface area contributed by atoms with E-state index >= 15 is 0 Å². The fourth-order valence-corrected chi connectivity index (χ4v) is 1.94. The number of unbranched alkanes of at least 4 members (excludes halogenated alkanes) is 1. The van der Waals surface area contributed by atoms with E-state index in [1.165, 1.54) is 4.68 Å². The number of nitrogens with one attached hydrogen (secondary N) is 1. The number of hydrogen-bond acceptors (Lipinski definition) is 4. The second-order valence-electron chi connectivity index (χ2n) is 4.45. The van der Waals surface area contributed by atoms with E-state index in [2.05, 4.69) is 33.3 Å². The Hall–Kier alpha value is -0.880. The minimum absolute atomic E-state index is 0.0887. The molecule has 0 saturated heterocycles. The predicted octanol–water partition coefficient (Wildman–Crippen LogP) is 1.96. The Kier molecular flexibility index (Phi) is 6.35. The van der Waals surface area contributed by atoms with Crippen molar-refractivity contribution in [3.05, 3.63) is 21.0 Å². The highest BCUT2D eigenvalue weighted by Gasteiger charge is 2.08. The van der Waals surface area contributed by atoms with Crippen LogP contribution in [0.15, 0.2) is 15.5 Å². The number of nitrogens with zero attached hydrogens (tertiary/aromatic N) is 2. The zero-order valence-electron chi connectivity index (χ0n) is 10.9. The first-order chi connectivity index (χ1) is 8.56. The molecular weight excluding hydrogens is 296 g/mol. The van der Waals surface area contributed by atoms with E-state index in [9.17, 15) is 4.79 Å². The quantitative estimate of drug-likeness (QED) is 0.806. The summed E-state index contributed by atoms with van der Waals surface area (Å²) >= 11 is 3.32. The third kappa shape index (κ3) is 4.42. The molecule has 1 aromatic rings. The van der Waals surface area contributed by atoms with Crippen molar-refractivity contribution in [2.24, 2.45) is 5.73 Å². The Morgan fingerprint density at radius 2 is 2.33 bits per heavy atom. The molecule has 0 aliphatic carbocycles. The molecule has 0 radical (unpaired) electrons. The zero-order chi connectivity index (χ0) is 13.5. The molecule has 18 heavy (non-hydrogen) atoms. The van der Waals surface area contributed by atoms with Gasteiger partial charge in [0.15, 0.2) is 0 Å². The molecule has 1 atom stereocenters. The standard InChI is InChI=1S/C12H21BrN4O/c1-3-4-7-17-12(18)11(13)10(8-16-17)15-6-5-9(2)14/h8-9,15H,3-7,14H2,1-2H3. The molecule has 6 heteroatoms. The summed E-state index contributed by atoms with van der Waals surface area (Å²) in [5.74, 6) is 0. The van der Waals surface area contributed by atoms with Gasteiger partial charge in [-0.3, -0.25) is 4.79 Å². The number of aromatic nitrogens is 2. The number of rotatable bonds is 7. The van der Waals surface area contributed by atoms with Crippen LogP contribution < -0.4 is 16.6 Å². The topological polar surface area (TPSA) is 72.9 Å². The van der Waals surface area contributed by atoms with Gasteiger partial charge >= 0.3 is 0 Å². The molecule has 1 heterocycles. The van der Waals surface area contributed by atoms with Crippen LogP contribution in [0.3, 0.4) is 0 Å². The fourth-order valence-electron chi connectivity index (χ4n) is 1.49. The molecular formula is C12H21BrN4O. The van der Waals surface area contributed by atoms with Crippen LogP contribution >= 0.6 is 15.9 Å². The lowest BCUT2D eigenvalue weighted by atomic mass is 10.2. The van der Waals surface area contributed by atoms with Crippen molar-refractivity contribution in [2.45, 2.75) is 45.7 Å². The average molecular weight is 317 g/mol. The smallest absolute Gasteiger partial charge is 0.283 e. The van der Waals surface area contributed by atoms with Gasteiger partial charge in [0.2, 0.25) is 0 Å². The number of halogens is 1. The van der Waals surface area contributed by atoms with Crippen molar-refractivity contribution in [3.63, 3.8) is 0 Å². The lowest BCUT2D eigenvalue weighted by molar-refractivity contribution is 0.541. The van der Waals surface area contributed by atoms with Gasteiger partial charge in [-0.1, -0.05) is 13.3 Å². The van der Waals surface area contributed by atoms with E-state index in [0.29, 0.717) is 11.0 Å². The fraction of sp³-hybridized carbons (Fsp3) is 0.667. The first-order valence-electron chi connectivity index (χ1n) is 6.31. The van der Waals surface area contributed by atoms with E-state index in [0.717, 1.165) is 31.5 Å². The molecule has 0 saturated carbocycles. The van der Waals surface area contributed by atoms with Crippen molar-refractivity contribution in [2.75, 3.05) is 11.9 Å². The van der Waals surface area contributed by atoms with Gasteiger partial charge in [0.05, 0.1) is 11.9 Å². The number of nitrogens with two attached hydrogens (primary N) is 1. The highest BCUT2D eigenvalue weighted by Crippen LogP contribution is 2.16. The van der Waals surface area contributed by atoms with Gasteiger partial charge in [0.25, 0.3) is 5.56 Å². The Labute approximate surface area is 116 Å². The Balaban J connectivity index is 2.71. The lowest BCUT2D eigenvalue weighted by Crippen LogP contribution is -2.25. The van der Waals surface area contributed by atoms with E-state index in [-0.39, 0.29) is 11.6 Å². The number of anilines is 1. The molecule has 0 bridgehead atoms. The molecule has 0 spiro atoms. The molecule has 1 aromatic heterocycles. The van der Waals surface area contributed by atoms with Gasteiger partial charge in [-0.2, -0.15) is 5.10 Å². The van der Waals surface area contributed by atoms with Crippen molar-refractivity contribution in [1.82, 2.24) is 9.78 Å². The molecule has 1 unspecified atom stereocenters. The summed E-state index contributed by atoms with van der Waals surface area (Å²) in [6.45, 7) is 5.44. The molecule has 0 fully saturated rings. The van der Waals surface area contributed by atoms with Crippen LogP contribution in [-0.2, 0) is 6.54 Å². The summed E-state index contributed by atoms with van der Waals surface area (Å²) in [7, 11) is 0. The average Bonchev–Trinajstić information content (AvgIpc) is 2.33. The Morgan fingerprint density at radius 1 is 1.61 bits per heavy atom. The maximum absolute atomic E-state index is 12.0. The first-order valence-corrected chi connectivity index (χ1v) is 7.10. The maximum Gasteiger partial charge on any atom is 0.283 e. The highest BCUT2D eigenvalue weighted by atomic mass is 79.9. The second-order valence-corrected chi connectivity index (χ2v) is 5.24. The van der Waals surface area contributed by atoms with Gasteiger partial charge in [-0.25, -0.2) is 4.68 Å². The van der Waals surface area contributed by atoms with Crippen molar-refractivity contribution in [3.8, 4) is 0 Å². The summed E-state index contributed by atoms with van der Waals surface area (Å²) in [6, 6.07) is 0.147. The second kappa shape index (κ2) is 7.53. The third-order valence-electron chi connectivity index (χ3n) is 2.62. The summed E-state index contributed by atoms with van der Waals surface area (Å²) in [4.78, 5) is 12.0. The number of hydrogen-bond donors (Lipinski definition) is 2. The molecule has 0 aromatic carbocycles. The molecule has 1 rings (SSSR count). The van der Waals surface area contributed by atoms with Crippen LogP contribution in [-0.4, -0.2) is 22.4 Å². The summed E-state index contributed by atoms with van der Waals surface area (Å²) in [6.07, 6.45) is 4.53. The Morgan fingerprint density at radius 3 is 2.94 bits per heavy atom. The van der Waals surface area contributed by atoms with Crippen molar-refractivity contribution in [1.29, 1.82) is 0 Å². The lowest BCUT2D eigenvalue weighted by Gasteiger charge is -2.11. The molecule has 5 nitrogen and oxygen atoms in total. The third-order valence-corrected chi connectivity index (χ3v) is 3.39. The summed E-state index contributed by atoms with van der Waals surface area (Å²) in [5, 5.41) is 7.32. The molecule has 0 amide bonds. The molecule has 0 aliphatic rings. The van der Waals surface area contributed by atoms with Gasteiger partial charge in [-0.15, -0.1) is 0 Å². The van der Waals surface area contributed by atoms with E-state index in [1.54, 1.807) is 6.20 Å². The van der Waals surface area contributed by atoms with Gasteiger partial charge in [0.1, 0.15) is 4.47 Å². The summed E-state index contributed by atoms with van der Waals surface area (Å²) in [5.41, 5.74) is 6.31. The van der Waals surface area contributed by atoms with Crippen LogP contribution in [0.1, 0.15) is 33.1 Å². The van der Waals surface area contributed by atoms with Crippen LogP contribution in [0.25, 0.3) is 0 Å². The van der Waals surface area contributed by atoms with Crippen LogP contribution in [0.4, 0.5) is 5.69 Å². The molecule has 3 N–H and O–H groups in total. The normalized spacial score (nSPS) is 12.4. The highest BCUT2D eigenvalue weighted by molar-refractivity contribution is 9.10. The largest absolute Gasteiger partial charge is 0.383 e. The van der Waals surface area contributed by atoms with Gasteiger partial charge in [0, 0.05) is 19.1 Å². The number of aryl methyl sites for hydroxylation is 1. The monoisotopic (exact) mass is 316 g/mol. The van der Waals surface area contributed by atoms with Gasteiger partial charge < -0.3 is 11.1 Å². The van der Waals surface area contributed by atoms with Crippen molar-refractivity contribution < 1.29 is 0 Å². The van der Waals surface area contributed by atoms with E-state index in [4.69, 9.17) is 5.73 Å². The predicted molar refractivity (Wildman–Crippen MR) is 77.9 cm³/mol. The maximum atomic E-state index is 12.0. The zero-order valence-corrected chi connectivity index (χ0v) is 12.5. The van der Waals surface area contributed by atoms with Crippen LogP contribution in [0.5, 0.6) is 0 Å². The van der Waals surface area contributed by atoms with Gasteiger partial charge in [-0.05, 0) is 35.7 Å². The van der Waals surface area contributed by atoms with Crippen LogP contribution in [0, 0.1) is 0 Å². The minimum Gasteiger partial charge on any atom is -0.383 e. The first kappa shape index (κ1) is 15.2. The van der Waals surface area contributed by atoms with Crippen LogP contribution in [0.2, 0.25) is 0 Å². The molecule has 102 valence electrons. The van der Waals surface area contributed by atoms with E-state index in [1.807, 2.05) is 6.92 Å². The molecule has 0 aliphatic heterocycles. The van der Waals surface area contributed by atoms with E-state index < -0.39 is 0 Å². The SMILES string of the molecule is CCCCn1ncc(NCCC(C)N)c(Br)c1=O. The summed E-state index contributed by atoms with van der Waals surface area (Å²) < 4.78 is 2.03.